The van der Waals surface area contributed by atoms with Crippen LogP contribution in [0.2, 0.25) is 0 Å². The Morgan fingerprint density at radius 3 is 2.52 bits per heavy atom. The third kappa shape index (κ3) is 5.18. The van der Waals surface area contributed by atoms with Gasteiger partial charge in [-0.1, -0.05) is 42.5 Å². The van der Waals surface area contributed by atoms with E-state index in [1.54, 1.807) is 7.11 Å². The molecule has 4 rings (SSSR count). The molecule has 1 amide bonds. The summed E-state index contributed by atoms with van der Waals surface area (Å²) in [6, 6.07) is 24.0. The van der Waals surface area contributed by atoms with Gasteiger partial charge in [-0.25, -0.2) is 0 Å². The highest BCUT2D eigenvalue weighted by atomic mass is 16.5. The van der Waals surface area contributed by atoms with Gasteiger partial charge in [0.25, 0.3) is 5.91 Å². The number of rotatable bonds is 8. The van der Waals surface area contributed by atoms with Crippen molar-refractivity contribution < 1.29 is 14.3 Å². The maximum absolute atomic E-state index is 12.4. The Morgan fingerprint density at radius 2 is 1.71 bits per heavy atom. The molecule has 0 saturated heterocycles. The van der Waals surface area contributed by atoms with Gasteiger partial charge in [-0.05, 0) is 54.3 Å². The number of para-hydroxylation sites is 3. The molecule has 0 aliphatic carbocycles. The molecule has 0 bridgehead atoms. The number of methoxy groups -OCH3 is 1. The molecule has 3 aromatic rings. The summed E-state index contributed by atoms with van der Waals surface area (Å²) in [4.78, 5) is 14.9. The van der Waals surface area contributed by atoms with Gasteiger partial charge in [0.1, 0.15) is 6.61 Å². The zero-order chi connectivity index (χ0) is 21.5. The van der Waals surface area contributed by atoms with E-state index in [0.29, 0.717) is 30.2 Å². The first-order valence-corrected chi connectivity index (χ1v) is 10.7. The van der Waals surface area contributed by atoms with Crippen molar-refractivity contribution in [1.29, 1.82) is 0 Å². The zero-order valence-corrected chi connectivity index (χ0v) is 17.8. The topological polar surface area (TPSA) is 50.8 Å². The van der Waals surface area contributed by atoms with Gasteiger partial charge < -0.3 is 19.7 Å². The second kappa shape index (κ2) is 10.0. The van der Waals surface area contributed by atoms with Gasteiger partial charge in [-0.3, -0.25) is 4.79 Å². The average Bonchev–Trinajstić information content (AvgIpc) is 2.82. The quantitative estimate of drug-likeness (QED) is 0.551. The monoisotopic (exact) mass is 416 g/mol. The van der Waals surface area contributed by atoms with Crippen LogP contribution in [0.15, 0.2) is 72.8 Å². The molecule has 5 heteroatoms. The van der Waals surface area contributed by atoms with E-state index in [9.17, 15) is 4.79 Å². The number of carbonyl (C=O) groups excluding carboxylic acids is 1. The normalized spacial score (nSPS) is 12.7. The molecule has 0 atom stereocenters. The van der Waals surface area contributed by atoms with E-state index in [4.69, 9.17) is 9.47 Å². The number of nitrogens with one attached hydrogen (secondary N) is 1. The molecular weight excluding hydrogens is 388 g/mol. The Kier molecular flexibility index (Phi) is 6.72. The number of aryl methyl sites for hydroxylation is 1. The zero-order valence-electron chi connectivity index (χ0n) is 17.8. The van der Waals surface area contributed by atoms with Crippen LogP contribution in [0.4, 0.5) is 5.69 Å². The lowest BCUT2D eigenvalue weighted by atomic mass is 10.0. The second-order valence-corrected chi connectivity index (χ2v) is 7.61. The smallest absolute Gasteiger partial charge is 0.251 e. The van der Waals surface area contributed by atoms with Crippen molar-refractivity contribution in [2.75, 3.05) is 31.7 Å². The summed E-state index contributed by atoms with van der Waals surface area (Å²) in [5.74, 6) is 1.25. The fraction of sp³-hybridized carbons (Fsp3) is 0.269. The lowest BCUT2D eigenvalue weighted by Gasteiger charge is -2.31. The molecule has 1 heterocycles. The number of fused-ring (bicyclic) bond motifs is 1. The van der Waals surface area contributed by atoms with Gasteiger partial charge in [-0.2, -0.15) is 0 Å². The van der Waals surface area contributed by atoms with E-state index in [0.717, 1.165) is 19.5 Å². The van der Waals surface area contributed by atoms with Crippen LogP contribution in [0.25, 0.3) is 0 Å². The third-order valence-corrected chi connectivity index (χ3v) is 5.51. The molecule has 0 radical (unpaired) electrons. The number of carbonyl (C=O) groups is 1. The molecule has 31 heavy (non-hydrogen) atoms. The maximum Gasteiger partial charge on any atom is 0.251 e. The Labute approximate surface area is 183 Å². The summed E-state index contributed by atoms with van der Waals surface area (Å²) in [5, 5.41) is 2.91. The number of anilines is 1. The van der Waals surface area contributed by atoms with E-state index < -0.39 is 0 Å². The van der Waals surface area contributed by atoms with E-state index in [1.807, 2.05) is 48.5 Å². The molecule has 1 aliphatic heterocycles. The number of hydrogen-bond acceptors (Lipinski definition) is 4. The van der Waals surface area contributed by atoms with Crippen LogP contribution < -0.4 is 19.7 Å². The summed E-state index contributed by atoms with van der Waals surface area (Å²) in [6.07, 6.45) is 2.32. The van der Waals surface area contributed by atoms with E-state index in [-0.39, 0.29) is 5.91 Å². The minimum absolute atomic E-state index is 0.0986. The van der Waals surface area contributed by atoms with Crippen molar-refractivity contribution in [3.05, 3.63) is 89.5 Å². The molecule has 0 spiro atoms. The summed E-state index contributed by atoms with van der Waals surface area (Å²) < 4.78 is 11.0. The summed E-state index contributed by atoms with van der Waals surface area (Å²) >= 11 is 0. The number of amides is 1. The van der Waals surface area contributed by atoms with Crippen LogP contribution in [0.3, 0.4) is 0 Å². The predicted molar refractivity (Wildman–Crippen MR) is 123 cm³/mol. The Balaban J connectivity index is 1.28. The second-order valence-electron chi connectivity index (χ2n) is 7.61. The summed E-state index contributed by atoms with van der Waals surface area (Å²) in [6.45, 7) is 2.71. The van der Waals surface area contributed by atoms with Gasteiger partial charge >= 0.3 is 0 Å². The first-order chi connectivity index (χ1) is 15.2. The summed E-state index contributed by atoms with van der Waals surface area (Å²) in [7, 11) is 1.61. The van der Waals surface area contributed by atoms with Crippen molar-refractivity contribution in [2.45, 2.75) is 19.4 Å². The van der Waals surface area contributed by atoms with Crippen LogP contribution in [-0.4, -0.2) is 32.7 Å². The number of hydrogen-bond donors (Lipinski definition) is 1. The molecule has 1 N–H and O–H groups in total. The molecule has 0 unspecified atom stereocenters. The standard InChI is InChI=1S/C26H28N2O3/c1-30-24-10-4-5-11-25(24)31-18-16-27-26(29)22-14-12-20(13-15-22)19-28-17-6-8-21-7-2-3-9-23(21)28/h2-5,7,9-15H,6,8,16-19H2,1H3,(H,27,29). The highest BCUT2D eigenvalue weighted by Gasteiger charge is 2.16. The number of ether oxygens (including phenoxy) is 2. The Bertz CT molecular complexity index is 1020. The molecule has 0 aromatic heterocycles. The Morgan fingerprint density at radius 1 is 0.968 bits per heavy atom. The maximum atomic E-state index is 12.4. The van der Waals surface area contributed by atoms with Crippen molar-refractivity contribution in [3.63, 3.8) is 0 Å². The third-order valence-electron chi connectivity index (χ3n) is 5.51. The molecular formula is C26H28N2O3. The van der Waals surface area contributed by atoms with Gasteiger partial charge in [-0.15, -0.1) is 0 Å². The minimum atomic E-state index is -0.0986. The van der Waals surface area contributed by atoms with Crippen molar-refractivity contribution in [3.8, 4) is 11.5 Å². The van der Waals surface area contributed by atoms with Gasteiger partial charge in [0, 0.05) is 24.3 Å². The number of benzene rings is 3. The lowest BCUT2D eigenvalue weighted by Crippen LogP contribution is -2.29. The number of nitrogens with zero attached hydrogens (tertiary/aromatic N) is 1. The van der Waals surface area contributed by atoms with Crippen molar-refractivity contribution >= 4 is 11.6 Å². The highest BCUT2D eigenvalue weighted by Crippen LogP contribution is 2.28. The van der Waals surface area contributed by atoms with Gasteiger partial charge in [0.05, 0.1) is 13.7 Å². The fourth-order valence-electron chi connectivity index (χ4n) is 3.92. The predicted octanol–water partition coefficient (Wildman–Crippen LogP) is 4.46. The van der Waals surface area contributed by atoms with Crippen molar-refractivity contribution in [2.24, 2.45) is 0 Å². The Hall–Kier alpha value is -3.47. The summed E-state index contributed by atoms with van der Waals surface area (Å²) in [5.41, 5.74) is 4.60. The van der Waals surface area contributed by atoms with Crippen LogP contribution in [0.5, 0.6) is 11.5 Å². The first kappa shape index (κ1) is 20.8. The molecule has 0 fully saturated rings. The molecule has 0 saturated carbocycles. The van der Waals surface area contributed by atoms with E-state index in [1.165, 1.54) is 23.2 Å². The van der Waals surface area contributed by atoms with Crippen LogP contribution in [0, 0.1) is 0 Å². The largest absolute Gasteiger partial charge is 0.493 e. The fourth-order valence-corrected chi connectivity index (χ4v) is 3.92. The minimum Gasteiger partial charge on any atom is -0.493 e. The first-order valence-electron chi connectivity index (χ1n) is 10.7. The van der Waals surface area contributed by atoms with Crippen LogP contribution in [0.1, 0.15) is 27.9 Å². The van der Waals surface area contributed by atoms with E-state index >= 15 is 0 Å². The van der Waals surface area contributed by atoms with Crippen LogP contribution in [-0.2, 0) is 13.0 Å². The molecule has 1 aliphatic rings. The van der Waals surface area contributed by atoms with Gasteiger partial charge in [0.2, 0.25) is 0 Å². The average molecular weight is 417 g/mol. The lowest BCUT2D eigenvalue weighted by molar-refractivity contribution is 0.0947. The molecule has 5 nitrogen and oxygen atoms in total. The van der Waals surface area contributed by atoms with Crippen LogP contribution >= 0.6 is 0 Å². The molecule has 3 aromatic carbocycles. The SMILES string of the molecule is COc1ccccc1OCCNC(=O)c1ccc(CN2CCCc3ccccc32)cc1. The molecule has 160 valence electrons. The van der Waals surface area contributed by atoms with Crippen molar-refractivity contribution in [1.82, 2.24) is 5.32 Å². The highest BCUT2D eigenvalue weighted by molar-refractivity contribution is 5.94. The van der Waals surface area contributed by atoms with E-state index in [2.05, 4.69) is 34.5 Å². The van der Waals surface area contributed by atoms with Gasteiger partial charge in [0.15, 0.2) is 11.5 Å².